The first-order valence-electron chi connectivity index (χ1n) is 3.62. The largest absolute Gasteiger partial charge is 0.225 e. The summed E-state index contributed by atoms with van der Waals surface area (Å²) in [5.41, 5.74) is 0.855. The van der Waals surface area contributed by atoms with Crippen molar-refractivity contribution >= 4 is 30.2 Å². The Labute approximate surface area is 86.3 Å². The van der Waals surface area contributed by atoms with Gasteiger partial charge < -0.3 is 0 Å². The quantitative estimate of drug-likeness (QED) is 0.819. The van der Waals surface area contributed by atoms with Gasteiger partial charge in [0.25, 0.3) is 0 Å². The van der Waals surface area contributed by atoms with Crippen LogP contribution in [0.15, 0.2) is 35.7 Å². The topological polar surface area (TPSA) is 34.1 Å². The maximum Gasteiger partial charge on any atom is 0.169 e. The summed E-state index contributed by atoms with van der Waals surface area (Å²) in [6.07, 6.45) is 1.16. The second-order valence-electron chi connectivity index (χ2n) is 2.66. The van der Waals surface area contributed by atoms with Gasteiger partial charge in [-0.05, 0) is 21.5 Å². The van der Waals surface area contributed by atoms with Crippen LogP contribution in [0.2, 0.25) is 0 Å². The highest BCUT2D eigenvalue weighted by Crippen LogP contribution is 2.21. The van der Waals surface area contributed by atoms with Gasteiger partial charge in [0.05, 0.1) is 0 Å². The molecule has 0 atom stereocenters. The van der Waals surface area contributed by atoms with E-state index in [-0.39, 0.29) is 0 Å². The molecule has 2 nitrogen and oxygen atoms in total. The number of hydrogen-bond donors (Lipinski definition) is 0. The summed E-state index contributed by atoms with van der Waals surface area (Å²) in [7, 11) is -3.08. The van der Waals surface area contributed by atoms with Crippen molar-refractivity contribution in [3.63, 3.8) is 0 Å². The van der Waals surface area contributed by atoms with Crippen LogP contribution < -0.4 is 0 Å². The lowest BCUT2D eigenvalue weighted by Crippen LogP contribution is -1.89. The zero-order chi connectivity index (χ0) is 9.90. The monoisotopic (exact) mass is 260 g/mol. The summed E-state index contributed by atoms with van der Waals surface area (Å²) < 4.78 is 22.4. The third-order valence-electron chi connectivity index (χ3n) is 1.37. The number of benzene rings is 1. The van der Waals surface area contributed by atoms with E-state index in [2.05, 4.69) is 15.9 Å². The van der Waals surface area contributed by atoms with Crippen LogP contribution in [-0.2, 0) is 9.84 Å². The highest BCUT2D eigenvalue weighted by atomic mass is 79.9. The molecule has 0 aliphatic carbocycles. The molecular weight excluding hydrogens is 252 g/mol. The Hall–Kier alpha value is -0.610. The average Bonchev–Trinajstić information content (AvgIpc) is 2.03. The molecule has 0 fully saturated rings. The zero-order valence-electron chi connectivity index (χ0n) is 7.07. The molecule has 0 radical (unpaired) electrons. The van der Waals surface area contributed by atoms with Gasteiger partial charge in [-0.2, -0.15) is 0 Å². The normalized spacial score (nSPS) is 12.9. The summed E-state index contributed by atoms with van der Waals surface area (Å²) in [6.45, 7) is 0. The standard InChI is InChI=1S/C9H9BrO2S/c1-13(11,12)7-9(10)8-5-3-2-4-6-8/h2-7H,1H3/b9-7+. The van der Waals surface area contributed by atoms with Crippen LogP contribution in [0.5, 0.6) is 0 Å². The Kier molecular flexibility index (Phi) is 3.27. The molecule has 0 aliphatic heterocycles. The van der Waals surface area contributed by atoms with Crippen molar-refractivity contribution in [3.05, 3.63) is 41.3 Å². The number of rotatable bonds is 2. The predicted molar refractivity (Wildman–Crippen MR) is 58.2 cm³/mol. The Morgan fingerprint density at radius 1 is 1.31 bits per heavy atom. The maximum absolute atomic E-state index is 10.9. The van der Waals surface area contributed by atoms with Crippen molar-refractivity contribution in [2.75, 3.05) is 6.26 Å². The second kappa shape index (κ2) is 4.07. The highest BCUT2D eigenvalue weighted by molar-refractivity contribution is 9.15. The van der Waals surface area contributed by atoms with Crippen LogP contribution in [-0.4, -0.2) is 14.7 Å². The minimum absolute atomic E-state index is 0.579. The molecule has 0 saturated carbocycles. The SMILES string of the molecule is CS(=O)(=O)/C=C(/Br)c1ccccc1. The second-order valence-corrected chi connectivity index (χ2v) is 5.41. The highest BCUT2D eigenvalue weighted by Gasteiger charge is 2.01. The van der Waals surface area contributed by atoms with Gasteiger partial charge in [-0.1, -0.05) is 30.3 Å². The molecule has 70 valence electrons. The average molecular weight is 261 g/mol. The molecule has 4 heteroatoms. The van der Waals surface area contributed by atoms with Gasteiger partial charge in [-0.25, -0.2) is 8.42 Å². The van der Waals surface area contributed by atoms with E-state index in [1.807, 2.05) is 30.3 Å². The van der Waals surface area contributed by atoms with Gasteiger partial charge in [-0.3, -0.25) is 0 Å². The van der Waals surface area contributed by atoms with E-state index in [1.165, 1.54) is 5.41 Å². The molecule has 0 saturated heterocycles. The molecule has 0 N–H and O–H groups in total. The van der Waals surface area contributed by atoms with E-state index < -0.39 is 9.84 Å². The summed E-state index contributed by atoms with van der Waals surface area (Å²) in [5, 5.41) is 1.20. The minimum Gasteiger partial charge on any atom is -0.225 e. The molecule has 1 rings (SSSR count). The van der Waals surface area contributed by atoms with E-state index in [0.29, 0.717) is 4.48 Å². The molecule has 0 amide bonds. The van der Waals surface area contributed by atoms with Crippen LogP contribution in [0, 0.1) is 0 Å². The minimum atomic E-state index is -3.08. The van der Waals surface area contributed by atoms with E-state index in [1.54, 1.807) is 0 Å². The summed E-state index contributed by atoms with van der Waals surface area (Å²) in [4.78, 5) is 0. The van der Waals surface area contributed by atoms with E-state index in [0.717, 1.165) is 11.8 Å². The van der Waals surface area contributed by atoms with Crippen molar-refractivity contribution in [2.45, 2.75) is 0 Å². The Morgan fingerprint density at radius 3 is 2.31 bits per heavy atom. The van der Waals surface area contributed by atoms with Crippen LogP contribution >= 0.6 is 15.9 Å². The van der Waals surface area contributed by atoms with E-state index in [9.17, 15) is 8.42 Å². The van der Waals surface area contributed by atoms with Crippen LogP contribution in [0.3, 0.4) is 0 Å². The molecule has 0 aliphatic rings. The number of halogens is 1. The molecule has 0 spiro atoms. The van der Waals surface area contributed by atoms with Gasteiger partial charge in [-0.15, -0.1) is 0 Å². The van der Waals surface area contributed by atoms with Crippen LogP contribution in [0.4, 0.5) is 0 Å². The van der Waals surface area contributed by atoms with Crippen molar-refractivity contribution < 1.29 is 8.42 Å². The predicted octanol–water partition coefficient (Wildman–Crippen LogP) is 2.42. The van der Waals surface area contributed by atoms with E-state index >= 15 is 0 Å². The van der Waals surface area contributed by atoms with Gasteiger partial charge in [0.15, 0.2) is 9.84 Å². The fraction of sp³-hybridized carbons (Fsp3) is 0.111. The lowest BCUT2D eigenvalue weighted by Gasteiger charge is -1.97. The molecule has 0 aromatic heterocycles. The molecule has 0 bridgehead atoms. The molecular formula is C9H9BrO2S. The number of sulfone groups is 1. The zero-order valence-corrected chi connectivity index (χ0v) is 9.47. The van der Waals surface area contributed by atoms with Gasteiger partial charge in [0.2, 0.25) is 0 Å². The van der Waals surface area contributed by atoms with Crippen molar-refractivity contribution in [2.24, 2.45) is 0 Å². The summed E-state index contributed by atoms with van der Waals surface area (Å²) in [6, 6.07) is 9.27. The summed E-state index contributed by atoms with van der Waals surface area (Å²) >= 11 is 3.20. The summed E-state index contributed by atoms with van der Waals surface area (Å²) in [5.74, 6) is 0. The Morgan fingerprint density at radius 2 is 1.85 bits per heavy atom. The Balaban J connectivity index is 3.06. The van der Waals surface area contributed by atoms with Crippen molar-refractivity contribution in [1.82, 2.24) is 0 Å². The van der Waals surface area contributed by atoms with Gasteiger partial charge in [0, 0.05) is 16.1 Å². The molecule has 13 heavy (non-hydrogen) atoms. The lowest BCUT2D eigenvalue weighted by atomic mass is 10.2. The molecule has 1 aromatic rings. The first-order valence-corrected chi connectivity index (χ1v) is 6.36. The lowest BCUT2D eigenvalue weighted by molar-refractivity contribution is 0.610. The maximum atomic E-state index is 10.9. The number of hydrogen-bond acceptors (Lipinski definition) is 2. The van der Waals surface area contributed by atoms with Crippen LogP contribution in [0.25, 0.3) is 4.48 Å². The third-order valence-corrected chi connectivity index (χ3v) is 3.02. The first-order chi connectivity index (χ1) is 5.99. The third kappa shape index (κ3) is 3.74. The van der Waals surface area contributed by atoms with Gasteiger partial charge in [0.1, 0.15) is 0 Å². The molecule has 0 unspecified atom stereocenters. The molecule has 1 aromatic carbocycles. The van der Waals surface area contributed by atoms with Crippen LogP contribution in [0.1, 0.15) is 5.56 Å². The first kappa shape index (κ1) is 10.5. The van der Waals surface area contributed by atoms with Crippen molar-refractivity contribution in [1.29, 1.82) is 0 Å². The Bertz CT molecular complexity index is 407. The fourth-order valence-electron chi connectivity index (χ4n) is 0.853. The fourth-order valence-corrected chi connectivity index (χ4v) is 2.65. The van der Waals surface area contributed by atoms with Crippen molar-refractivity contribution in [3.8, 4) is 0 Å². The molecule has 0 heterocycles. The van der Waals surface area contributed by atoms with Gasteiger partial charge >= 0.3 is 0 Å². The van der Waals surface area contributed by atoms with E-state index in [4.69, 9.17) is 0 Å². The smallest absolute Gasteiger partial charge is 0.169 e.